The maximum absolute atomic E-state index is 3.42. The van der Waals surface area contributed by atoms with Crippen molar-refractivity contribution in [3.63, 3.8) is 0 Å². The Morgan fingerprint density at radius 1 is 1.21 bits per heavy atom. The first kappa shape index (κ1) is 20.5. The quantitative estimate of drug-likeness (QED) is 0.496. The van der Waals surface area contributed by atoms with Crippen LogP contribution in [-0.2, 0) is 6.42 Å². The minimum atomic E-state index is 0.408. The zero-order chi connectivity index (χ0) is 20.6. The van der Waals surface area contributed by atoms with Crippen LogP contribution in [0.25, 0.3) is 10.9 Å². The van der Waals surface area contributed by atoms with E-state index in [1.165, 1.54) is 60.6 Å². The van der Waals surface area contributed by atoms with Crippen LogP contribution in [-0.4, -0.2) is 4.98 Å². The molecule has 0 radical (unpaired) electrons. The molecule has 2 aliphatic rings. The number of nitrogens with one attached hydrogen (secondary N) is 1. The first-order chi connectivity index (χ1) is 13.8. The number of rotatable bonds is 5. The van der Waals surface area contributed by atoms with Crippen molar-refractivity contribution in [2.75, 3.05) is 0 Å². The summed E-state index contributed by atoms with van der Waals surface area (Å²) < 4.78 is 0. The molecule has 0 saturated heterocycles. The van der Waals surface area contributed by atoms with E-state index in [9.17, 15) is 0 Å². The van der Waals surface area contributed by atoms with E-state index >= 15 is 0 Å². The smallest absolute Gasteiger partial charge is 0.0456 e. The van der Waals surface area contributed by atoms with E-state index in [0.717, 1.165) is 18.3 Å². The van der Waals surface area contributed by atoms with Crippen LogP contribution >= 0.6 is 0 Å². The van der Waals surface area contributed by atoms with Gasteiger partial charge in [0.25, 0.3) is 0 Å². The lowest BCUT2D eigenvalue weighted by Crippen LogP contribution is -2.43. The van der Waals surface area contributed by atoms with Crippen LogP contribution in [0, 0.1) is 22.7 Å². The average Bonchev–Trinajstić information content (AvgIpc) is 3.08. The van der Waals surface area contributed by atoms with Crippen LogP contribution < -0.4 is 0 Å². The number of para-hydroxylation sites is 1. The topological polar surface area (TPSA) is 15.8 Å². The average molecular weight is 390 g/mol. The minimum Gasteiger partial charge on any atom is -0.361 e. The van der Waals surface area contributed by atoms with Gasteiger partial charge in [-0.3, -0.25) is 0 Å². The predicted octanol–water partition coefficient (Wildman–Crippen LogP) is 8.24. The van der Waals surface area contributed by atoms with Crippen LogP contribution in [0.5, 0.6) is 0 Å². The molecular weight excluding hydrogens is 350 g/mol. The zero-order valence-corrected chi connectivity index (χ0v) is 19.1. The Morgan fingerprint density at radius 2 is 2.00 bits per heavy atom. The fourth-order valence-electron chi connectivity index (χ4n) is 6.24. The molecule has 1 heteroatoms. The number of hydrogen-bond acceptors (Lipinski definition) is 0. The Balaban J connectivity index is 1.45. The molecule has 2 aromatic rings. The van der Waals surface area contributed by atoms with Gasteiger partial charge in [0.15, 0.2) is 0 Å². The third-order valence-corrected chi connectivity index (χ3v) is 8.38. The van der Waals surface area contributed by atoms with E-state index in [1.54, 1.807) is 5.57 Å². The summed E-state index contributed by atoms with van der Waals surface area (Å²) in [6, 6.07) is 8.64. The van der Waals surface area contributed by atoms with Gasteiger partial charge in [0, 0.05) is 17.1 Å². The molecular formula is C28H39N. The van der Waals surface area contributed by atoms with E-state index in [0.29, 0.717) is 10.8 Å². The SMILES string of the molecule is C/C(=C\CC[C@@]1(C)[C@@H]2CCCC(C)(C)C2=CC[C@@H]1C)Cc1c[nH]c2ccccc12. The summed E-state index contributed by atoms with van der Waals surface area (Å²) in [5, 5.41) is 1.37. The van der Waals surface area contributed by atoms with Crippen molar-refractivity contribution in [2.24, 2.45) is 22.7 Å². The predicted molar refractivity (Wildman–Crippen MR) is 126 cm³/mol. The van der Waals surface area contributed by atoms with E-state index in [4.69, 9.17) is 0 Å². The molecule has 1 nitrogen and oxygen atoms in total. The molecule has 1 heterocycles. The second-order valence-corrected chi connectivity index (χ2v) is 10.8. The monoisotopic (exact) mass is 389 g/mol. The van der Waals surface area contributed by atoms with Gasteiger partial charge < -0.3 is 4.98 Å². The van der Waals surface area contributed by atoms with Crippen LogP contribution in [0.3, 0.4) is 0 Å². The first-order valence-electron chi connectivity index (χ1n) is 11.7. The van der Waals surface area contributed by atoms with E-state index in [1.807, 2.05) is 0 Å². The highest BCUT2D eigenvalue weighted by atomic mass is 14.7. The summed E-state index contributed by atoms with van der Waals surface area (Å²) in [4.78, 5) is 3.42. The highest BCUT2D eigenvalue weighted by molar-refractivity contribution is 5.83. The van der Waals surface area contributed by atoms with Crippen molar-refractivity contribution >= 4 is 10.9 Å². The van der Waals surface area contributed by atoms with Gasteiger partial charge in [-0.05, 0) is 79.7 Å². The third-order valence-electron chi connectivity index (χ3n) is 8.38. The van der Waals surface area contributed by atoms with E-state index in [2.05, 4.69) is 82.2 Å². The van der Waals surface area contributed by atoms with Gasteiger partial charge in [-0.2, -0.15) is 0 Å². The Hall–Kier alpha value is -1.76. The number of H-pyrrole nitrogens is 1. The van der Waals surface area contributed by atoms with Crippen molar-refractivity contribution < 1.29 is 0 Å². The molecule has 4 rings (SSSR count). The number of hydrogen-bond donors (Lipinski definition) is 1. The molecule has 1 aromatic heterocycles. The molecule has 1 fully saturated rings. The molecule has 2 aliphatic carbocycles. The van der Waals surface area contributed by atoms with Crippen LogP contribution in [0.2, 0.25) is 0 Å². The van der Waals surface area contributed by atoms with Crippen LogP contribution in [0.1, 0.15) is 78.7 Å². The van der Waals surface area contributed by atoms with Gasteiger partial charge in [0.2, 0.25) is 0 Å². The van der Waals surface area contributed by atoms with Gasteiger partial charge in [-0.25, -0.2) is 0 Å². The molecule has 29 heavy (non-hydrogen) atoms. The number of allylic oxidation sites excluding steroid dienone is 4. The first-order valence-corrected chi connectivity index (χ1v) is 11.7. The zero-order valence-electron chi connectivity index (χ0n) is 19.1. The second-order valence-electron chi connectivity index (χ2n) is 10.8. The lowest BCUT2D eigenvalue weighted by molar-refractivity contribution is 0.0590. The van der Waals surface area contributed by atoms with Crippen molar-refractivity contribution in [1.29, 1.82) is 0 Å². The maximum atomic E-state index is 3.42. The van der Waals surface area contributed by atoms with Crippen LogP contribution in [0.15, 0.2) is 53.8 Å². The largest absolute Gasteiger partial charge is 0.361 e. The molecule has 3 atom stereocenters. The van der Waals surface area contributed by atoms with Gasteiger partial charge in [0.1, 0.15) is 0 Å². The molecule has 0 spiro atoms. The highest BCUT2D eigenvalue weighted by Crippen LogP contribution is 2.57. The molecule has 0 amide bonds. The fraction of sp³-hybridized carbons (Fsp3) is 0.571. The third kappa shape index (κ3) is 3.86. The van der Waals surface area contributed by atoms with E-state index in [-0.39, 0.29) is 0 Å². The van der Waals surface area contributed by atoms with Gasteiger partial charge in [-0.15, -0.1) is 0 Å². The Kier molecular flexibility index (Phi) is 5.53. The fourth-order valence-corrected chi connectivity index (χ4v) is 6.24. The summed E-state index contributed by atoms with van der Waals surface area (Å²) >= 11 is 0. The lowest BCUT2D eigenvalue weighted by atomic mass is 9.52. The number of aromatic nitrogens is 1. The summed E-state index contributed by atoms with van der Waals surface area (Å²) in [5.41, 5.74) is 6.81. The lowest BCUT2D eigenvalue weighted by Gasteiger charge is -2.53. The van der Waals surface area contributed by atoms with Crippen molar-refractivity contribution in [3.05, 3.63) is 59.3 Å². The summed E-state index contributed by atoms with van der Waals surface area (Å²) in [6.45, 7) is 12.4. The van der Waals surface area contributed by atoms with Crippen molar-refractivity contribution in [1.82, 2.24) is 4.98 Å². The number of benzene rings is 1. The minimum absolute atomic E-state index is 0.408. The van der Waals surface area contributed by atoms with Crippen molar-refractivity contribution in [2.45, 2.75) is 79.6 Å². The summed E-state index contributed by atoms with van der Waals surface area (Å²) in [5.74, 6) is 1.57. The van der Waals surface area contributed by atoms with Crippen LogP contribution in [0.4, 0.5) is 0 Å². The van der Waals surface area contributed by atoms with Gasteiger partial charge in [0.05, 0.1) is 0 Å². The summed E-state index contributed by atoms with van der Waals surface area (Å²) in [7, 11) is 0. The standard InChI is InChI=1S/C28H39N/c1-20(18-22-19-29-26-13-7-6-11-23(22)26)10-8-17-28(5)21(2)14-15-24-25(28)12-9-16-27(24,3)4/h6-7,10-11,13,15,19,21,25,29H,8-9,12,14,16-18H2,1-5H3/b20-10+/t21-,25+,28+/m0/s1. The normalized spacial score (nSPS) is 29.6. The molecule has 156 valence electrons. The van der Waals surface area contributed by atoms with Gasteiger partial charge >= 0.3 is 0 Å². The molecule has 1 aromatic carbocycles. The van der Waals surface area contributed by atoms with Crippen molar-refractivity contribution in [3.8, 4) is 0 Å². The Bertz CT molecular complexity index is 925. The maximum Gasteiger partial charge on any atom is 0.0456 e. The Labute approximate surface area is 177 Å². The second kappa shape index (κ2) is 7.82. The summed E-state index contributed by atoms with van der Waals surface area (Å²) in [6.07, 6.45) is 16.3. The van der Waals surface area contributed by atoms with E-state index < -0.39 is 0 Å². The highest BCUT2D eigenvalue weighted by Gasteiger charge is 2.47. The molecule has 0 bridgehead atoms. The Morgan fingerprint density at radius 3 is 2.83 bits per heavy atom. The van der Waals surface area contributed by atoms with Gasteiger partial charge in [-0.1, -0.05) is 75.6 Å². The molecule has 0 aliphatic heterocycles. The molecule has 1 saturated carbocycles. The number of fused-ring (bicyclic) bond motifs is 2. The molecule has 1 N–H and O–H groups in total. The number of aromatic amines is 1. The molecule has 0 unspecified atom stereocenters.